The lowest BCUT2D eigenvalue weighted by molar-refractivity contribution is -0.187. The molecule has 0 unspecified atom stereocenters. The number of amides is 1. The van der Waals surface area contributed by atoms with Crippen molar-refractivity contribution in [2.75, 3.05) is 19.6 Å². The van der Waals surface area contributed by atoms with Crippen molar-refractivity contribution < 1.29 is 19.4 Å². The number of piperidine rings is 1. The van der Waals surface area contributed by atoms with E-state index in [-0.39, 0.29) is 29.8 Å². The van der Waals surface area contributed by atoms with Gasteiger partial charge in [0.05, 0.1) is 18.8 Å². The van der Waals surface area contributed by atoms with Crippen LogP contribution in [0, 0.1) is 11.8 Å². The van der Waals surface area contributed by atoms with Crippen LogP contribution < -0.4 is 10.5 Å². The first-order valence-electron chi connectivity index (χ1n) is 9.02. The molecule has 4 rings (SSSR count). The van der Waals surface area contributed by atoms with Gasteiger partial charge in [-0.3, -0.25) is 9.69 Å². The summed E-state index contributed by atoms with van der Waals surface area (Å²) in [5.74, 6) is 1.02. The van der Waals surface area contributed by atoms with Gasteiger partial charge >= 0.3 is 0 Å². The van der Waals surface area contributed by atoms with Crippen LogP contribution in [-0.2, 0) is 9.53 Å². The van der Waals surface area contributed by atoms with Gasteiger partial charge in [0.25, 0.3) is 0 Å². The topological polar surface area (TPSA) is 85.0 Å². The van der Waals surface area contributed by atoms with E-state index in [2.05, 4.69) is 18.7 Å². The third kappa shape index (κ3) is 2.87. The van der Waals surface area contributed by atoms with Crippen molar-refractivity contribution >= 4 is 5.91 Å². The summed E-state index contributed by atoms with van der Waals surface area (Å²) in [4.78, 5) is 13.4. The minimum absolute atomic E-state index is 0.0604. The number of hydrogen-bond donors (Lipinski definition) is 2. The minimum Gasteiger partial charge on any atom is -0.504 e. The Hall–Kier alpha value is -1.79. The Kier molecular flexibility index (Phi) is 3.92. The summed E-state index contributed by atoms with van der Waals surface area (Å²) in [6, 6.07) is 5.49. The first kappa shape index (κ1) is 16.7. The van der Waals surface area contributed by atoms with E-state index in [1.165, 1.54) is 0 Å². The van der Waals surface area contributed by atoms with E-state index in [1.54, 1.807) is 6.07 Å². The van der Waals surface area contributed by atoms with Gasteiger partial charge in [-0.1, -0.05) is 12.1 Å². The Morgan fingerprint density at radius 3 is 3.00 bits per heavy atom. The standard InChI is InChI=1S/C19H26N2O4/c1-19(2)13-8-11-9-21(10-16(20)23)7-6-15(11)24-17(13)12-4-3-5-14(22)18(12)25-19/h3-5,11,13,15,17,22H,6-10H2,1-2H3,(H2,20,23)/t11-,13+,15+,17-/m1/s1. The molecule has 3 N–H and O–H groups in total. The molecule has 2 saturated heterocycles. The third-order valence-electron chi connectivity index (χ3n) is 5.96. The summed E-state index contributed by atoms with van der Waals surface area (Å²) < 4.78 is 12.7. The van der Waals surface area contributed by atoms with Crippen LogP contribution >= 0.6 is 0 Å². The fraction of sp³-hybridized carbons (Fsp3) is 0.632. The molecule has 0 spiro atoms. The number of carbonyl (C=O) groups is 1. The van der Waals surface area contributed by atoms with Crippen molar-refractivity contribution in [1.82, 2.24) is 4.90 Å². The highest BCUT2D eigenvalue weighted by molar-refractivity contribution is 5.75. The number of likely N-dealkylation sites (tertiary alicyclic amines) is 1. The number of phenolic OH excluding ortho intramolecular Hbond substituents is 1. The molecule has 3 aliphatic rings. The number of fused-ring (bicyclic) bond motifs is 4. The Labute approximate surface area is 147 Å². The molecule has 2 fully saturated rings. The van der Waals surface area contributed by atoms with Crippen molar-refractivity contribution in [3.63, 3.8) is 0 Å². The maximum absolute atomic E-state index is 11.2. The molecule has 1 aromatic rings. The summed E-state index contributed by atoms with van der Waals surface area (Å²) >= 11 is 0. The highest BCUT2D eigenvalue weighted by Crippen LogP contribution is 2.54. The number of carbonyl (C=O) groups excluding carboxylic acids is 1. The highest BCUT2D eigenvalue weighted by Gasteiger charge is 2.51. The predicted octanol–water partition coefficient (Wildman–Crippen LogP) is 1.82. The number of para-hydroxylation sites is 1. The van der Waals surface area contributed by atoms with Crippen LogP contribution in [0.4, 0.5) is 0 Å². The molecular formula is C19H26N2O4. The number of phenols is 1. The second-order valence-corrected chi connectivity index (χ2v) is 8.09. The molecule has 0 radical (unpaired) electrons. The molecule has 1 amide bonds. The lowest BCUT2D eigenvalue weighted by atomic mass is 9.70. The van der Waals surface area contributed by atoms with Gasteiger partial charge < -0.3 is 20.3 Å². The Bertz CT molecular complexity index is 690. The van der Waals surface area contributed by atoms with Gasteiger partial charge in [-0.15, -0.1) is 0 Å². The van der Waals surface area contributed by atoms with E-state index in [0.717, 1.165) is 31.5 Å². The molecule has 0 bridgehead atoms. The Morgan fingerprint density at radius 2 is 2.24 bits per heavy atom. The van der Waals surface area contributed by atoms with Crippen LogP contribution in [0.5, 0.6) is 11.5 Å². The number of nitrogens with zero attached hydrogens (tertiary/aromatic N) is 1. The lowest BCUT2D eigenvalue weighted by Gasteiger charge is -2.53. The smallest absolute Gasteiger partial charge is 0.231 e. The van der Waals surface area contributed by atoms with Crippen molar-refractivity contribution in [2.24, 2.45) is 17.6 Å². The van der Waals surface area contributed by atoms with E-state index in [9.17, 15) is 9.90 Å². The Morgan fingerprint density at radius 1 is 1.44 bits per heavy atom. The fourth-order valence-corrected chi connectivity index (χ4v) is 4.74. The van der Waals surface area contributed by atoms with E-state index in [1.807, 2.05) is 12.1 Å². The summed E-state index contributed by atoms with van der Waals surface area (Å²) in [7, 11) is 0. The zero-order valence-electron chi connectivity index (χ0n) is 14.8. The molecule has 3 heterocycles. The quantitative estimate of drug-likeness (QED) is 0.853. The Balaban J connectivity index is 1.61. The zero-order valence-corrected chi connectivity index (χ0v) is 14.8. The number of ether oxygens (including phenoxy) is 2. The molecule has 4 atom stereocenters. The summed E-state index contributed by atoms with van der Waals surface area (Å²) in [6.45, 7) is 6.10. The normalized spacial score (nSPS) is 33.5. The minimum atomic E-state index is -0.423. The molecule has 0 aliphatic carbocycles. The van der Waals surface area contributed by atoms with Crippen molar-refractivity contribution in [2.45, 2.75) is 44.5 Å². The average Bonchev–Trinajstić information content (AvgIpc) is 2.54. The molecule has 6 nitrogen and oxygen atoms in total. The van der Waals surface area contributed by atoms with Gasteiger partial charge in [0.15, 0.2) is 11.5 Å². The molecule has 6 heteroatoms. The maximum Gasteiger partial charge on any atom is 0.231 e. The van der Waals surface area contributed by atoms with E-state index < -0.39 is 5.60 Å². The number of benzene rings is 1. The van der Waals surface area contributed by atoms with Gasteiger partial charge in [0, 0.05) is 24.6 Å². The maximum atomic E-state index is 11.2. The molecule has 0 aromatic heterocycles. The molecule has 3 aliphatic heterocycles. The SMILES string of the molecule is CC1(C)Oc2c(O)cccc2[C@H]2O[C@H]3CCN(CC(N)=O)C[C@H]3C[C@@H]21. The van der Waals surface area contributed by atoms with Gasteiger partial charge in [0.1, 0.15) is 5.60 Å². The summed E-state index contributed by atoms with van der Waals surface area (Å²) in [6.07, 6.45) is 1.99. The first-order valence-corrected chi connectivity index (χ1v) is 9.02. The van der Waals surface area contributed by atoms with Crippen LogP contribution in [0.1, 0.15) is 38.4 Å². The lowest BCUT2D eigenvalue weighted by Crippen LogP contribution is -2.55. The van der Waals surface area contributed by atoms with Gasteiger partial charge in [-0.05, 0) is 38.7 Å². The van der Waals surface area contributed by atoms with Crippen molar-refractivity contribution in [3.05, 3.63) is 23.8 Å². The van der Waals surface area contributed by atoms with Crippen LogP contribution in [0.2, 0.25) is 0 Å². The molecular weight excluding hydrogens is 320 g/mol. The van der Waals surface area contributed by atoms with E-state index in [0.29, 0.717) is 18.2 Å². The van der Waals surface area contributed by atoms with Crippen LogP contribution in [0.25, 0.3) is 0 Å². The number of nitrogens with two attached hydrogens (primary N) is 1. The number of aromatic hydroxyl groups is 1. The highest BCUT2D eigenvalue weighted by atomic mass is 16.5. The zero-order chi connectivity index (χ0) is 17.8. The first-order chi connectivity index (χ1) is 11.8. The van der Waals surface area contributed by atoms with Gasteiger partial charge in [0.2, 0.25) is 5.91 Å². The van der Waals surface area contributed by atoms with Crippen LogP contribution in [0.15, 0.2) is 18.2 Å². The van der Waals surface area contributed by atoms with Crippen molar-refractivity contribution in [3.8, 4) is 11.5 Å². The van der Waals surface area contributed by atoms with E-state index in [4.69, 9.17) is 15.2 Å². The van der Waals surface area contributed by atoms with Crippen LogP contribution in [0.3, 0.4) is 0 Å². The number of hydrogen-bond acceptors (Lipinski definition) is 5. The summed E-state index contributed by atoms with van der Waals surface area (Å²) in [5, 5.41) is 10.2. The second-order valence-electron chi connectivity index (χ2n) is 8.09. The predicted molar refractivity (Wildman–Crippen MR) is 92.3 cm³/mol. The second kappa shape index (κ2) is 5.88. The fourth-order valence-electron chi connectivity index (χ4n) is 4.74. The number of primary amides is 1. The molecule has 25 heavy (non-hydrogen) atoms. The van der Waals surface area contributed by atoms with Gasteiger partial charge in [-0.2, -0.15) is 0 Å². The largest absolute Gasteiger partial charge is 0.504 e. The monoisotopic (exact) mass is 346 g/mol. The molecule has 136 valence electrons. The summed E-state index contributed by atoms with van der Waals surface area (Å²) in [5.41, 5.74) is 5.88. The molecule has 0 saturated carbocycles. The van der Waals surface area contributed by atoms with Gasteiger partial charge in [-0.25, -0.2) is 0 Å². The average molecular weight is 346 g/mol. The van der Waals surface area contributed by atoms with E-state index >= 15 is 0 Å². The molecule has 1 aromatic carbocycles. The van der Waals surface area contributed by atoms with Crippen LogP contribution in [-0.4, -0.2) is 47.3 Å². The number of rotatable bonds is 2. The third-order valence-corrected chi connectivity index (χ3v) is 5.96. The van der Waals surface area contributed by atoms with Crippen molar-refractivity contribution in [1.29, 1.82) is 0 Å².